The Morgan fingerprint density at radius 1 is 1.25 bits per heavy atom. The van der Waals surface area contributed by atoms with E-state index >= 15 is 0 Å². The van der Waals surface area contributed by atoms with Crippen LogP contribution in [0.25, 0.3) is 0 Å². The average molecular weight is 315 g/mol. The number of Topliss-reactive ketones (excluding diaryl/α,β-unsaturated/α-hetero) is 1. The third-order valence-electron chi connectivity index (χ3n) is 3.80. The minimum absolute atomic E-state index is 0.0445. The van der Waals surface area contributed by atoms with E-state index in [2.05, 4.69) is 16.8 Å². The highest BCUT2D eigenvalue weighted by molar-refractivity contribution is 6.42. The SMILES string of the molecule is CN1CCCN(C)C(C(=O)Cc2ccc(Cl)c(Cl)c2)C1. The maximum absolute atomic E-state index is 12.5. The first-order chi connectivity index (χ1) is 9.47. The van der Waals surface area contributed by atoms with Gasteiger partial charge in [0.15, 0.2) is 5.78 Å². The quantitative estimate of drug-likeness (QED) is 0.857. The van der Waals surface area contributed by atoms with Gasteiger partial charge < -0.3 is 4.90 Å². The van der Waals surface area contributed by atoms with Gasteiger partial charge in [0.1, 0.15) is 0 Å². The molecule has 1 aliphatic rings. The van der Waals surface area contributed by atoms with E-state index in [4.69, 9.17) is 23.2 Å². The van der Waals surface area contributed by atoms with E-state index in [1.165, 1.54) is 0 Å². The summed E-state index contributed by atoms with van der Waals surface area (Å²) in [6.45, 7) is 2.79. The van der Waals surface area contributed by atoms with Crippen molar-refractivity contribution in [3.8, 4) is 0 Å². The van der Waals surface area contributed by atoms with Gasteiger partial charge in [-0.3, -0.25) is 9.69 Å². The number of benzene rings is 1. The van der Waals surface area contributed by atoms with Gasteiger partial charge in [0.05, 0.1) is 16.1 Å². The second-order valence-electron chi connectivity index (χ2n) is 5.50. The van der Waals surface area contributed by atoms with Gasteiger partial charge in [0.25, 0.3) is 0 Å². The normalized spacial score (nSPS) is 21.7. The largest absolute Gasteiger partial charge is 0.304 e. The maximum Gasteiger partial charge on any atom is 0.155 e. The van der Waals surface area contributed by atoms with Gasteiger partial charge in [-0.25, -0.2) is 0 Å². The van der Waals surface area contributed by atoms with Gasteiger partial charge in [-0.2, -0.15) is 0 Å². The third-order valence-corrected chi connectivity index (χ3v) is 4.54. The molecule has 0 bridgehead atoms. The monoisotopic (exact) mass is 314 g/mol. The van der Waals surface area contributed by atoms with Crippen molar-refractivity contribution in [1.82, 2.24) is 9.80 Å². The molecule has 5 heteroatoms. The molecule has 20 heavy (non-hydrogen) atoms. The van der Waals surface area contributed by atoms with E-state index < -0.39 is 0 Å². The summed E-state index contributed by atoms with van der Waals surface area (Å²) in [5.41, 5.74) is 0.921. The predicted molar refractivity (Wildman–Crippen MR) is 83.7 cm³/mol. The highest BCUT2D eigenvalue weighted by Gasteiger charge is 2.26. The van der Waals surface area contributed by atoms with Gasteiger partial charge >= 0.3 is 0 Å². The van der Waals surface area contributed by atoms with E-state index in [0.717, 1.165) is 31.6 Å². The van der Waals surface area contributed by atoms with Gasteiger partial charge in [-0.05, 0) is 51.3 Å². The molecule has 1 saturated heterocycles. The molecular weight excluding hydrogens is 295 g/mol. The number of halogens is 2. The zero-order valence-electron chi connectivity index (χ0n) is 11.9. The molecule has 1 aliphatic heterocycles. The molecule has 0 aromatic heterocycles. The summed E-state index contributed by atoms with van der Waals surface area (Å²) in [4.78, 5) is 16.9. The molecular formula is C15H20Cl2N2O. The van der Waals surface area contributed by atoms with Gasteiger partial charge in [0, 0.05) is 13.0 Å². The molecule has 1 fully saturated rings. The first kappa shape index (κ1) is 15.8. The standard InChI is InChI=1S/C15H20Cl2N2O/c1-18-6-3-7-19(2)14(10-18)15(20)9-11-4-5-12(16)13(17)8-11/h4-5,8,14H,3,6-7,9-10H2,1-2H3. The molecule has 0 aliphatic carbocycles. The molecule has 1 aromatic rings. The molecule has 0 N–H and O–H groups in total. The average Bonchev–Trinajstić information content (AvgIpc) is 2.56. The second-order valence-corrected chi connectivity index (χ2v) is 6.32. The summed E-state index contributed by atoms with van der Waals surface area (Å²) in [5.74, 6) is 0.236. The number of nitrogens with zero attached hydrogens (tertiary/aromatic N) is 2. The van der Waals surface area contributed by atoms with Crippen LogP contribution in [-0.4, -0.2) is 55.4 Å². The molecule has 0 radical (unpaired) electrons. The van der Waals surface area contributed by atoms with E-state index in [0.29, 0.717) is 16.5 Å². The molecule has 1 atom stereocenters. The van der Waals surface area contributed by atoms with E-state index in [9.17, 15) is 4.79 Å². The Morgan fingerprint density at radius 3 is 2.70 bits per heavy atom. The van der Waals surface area contributed by atoms with Crippen LogP contribution < -0.4 is 0 Å². The van der Waals surface area contributed by atoms with Crippen LogP contribution in [0.4, 0.5) is 0 Å². The number of hydrogen-bond acceptors (Lipinski definition) is 3. The molecule has 3 nitrogen and oxygen atoms in total. The fourth-order valence-corrected chi connectivity index (χ4v) is 2.91. The Hall–Kier alpha value is -0.610. The molecule has 1 unspecified atom stereocenters. The van der Waals surface area contributed by atoms with Crippen LogP contribution in [0.2, 0.25) is 10.0 Å². The van der Waals surface area contributed by atoms with Crippen molar-refractivity contribution in [2.75, 3.05) is 33.7 Å². The lowest BCUT2D eigenvalue weighted by Gasteiger charge is -2.26. The van der Waals surface area contributed by atoms with Crippen molar-refractivity contribution >= 4 is 29.0 Å². The lowest BCUT2D eigenvalue weighted by molar-refractivity contribution is -0.123. The minimum atomic E-state index is -0.0445. The summed E-state index contributed by atoms with van der Waals surface area (Å²) in [6, 6.07) is 5.35. The van der Waals surface area contributed by atoms with Crippen LogP contribution in [0.15, 0.2) is 18.2 Å². The Morgan fingerprint density at radius 2 is 2.00 bits per heavy atom. The van der Waals surface area contributed by atoms with E-state index in [1.807, 2.05) is 13.1 Å². The topological polar surface area (TPSA) is 23.6 Å². The lowest BCUT2D eigenvalue weighted by Crippen LogP contribution is -2.44. The summed E-state index contributed by atoms with van der Waals surface area (Å²) < 4.78 is 0. The lowest BCUT2D eigenvalue weighted by atomic mass is 10.0. The van der Waals surface area contributed by atoms with Crippen molar-refractivity contribution in [3.05, 3.63) is 33.8 Å². The van der Waals surface area contributed by atoms with Crippen molar-refractivity contribution in [1.29, 1.82) is 0 Å². The van der Waals surface area contributed by atoms with E-state index in [-0.39, 0.29) is 11.8 Å². The summed E-state index contributed by atoms with van der Waals surface area (Å²) in [6.07, 6.45) is 1.50. The Labute approximate surface area is 130 Å². The maximum atomic E-state index is 12.5. The number of rotatable bonds is 3. The van der Waals surface area contributed by atoms with Gasteiger partial charge in [0.2, 0.25) is 0 Å². The van der Waals surface area contributed by atoms with Crippen LogP contribution in [0.1, 0.15) is 12.0 Å². The molecule has 1 aromatic carbocycles. The number of likely N-dealkylation sites (N-methyl/N-ethyl adjacent to an activating group) is 2. The first-order valence-electron chi connectivity index (χ1n) is 6.83. The highest BCUT2D eigenvalue weighted by Crippen LogP contribution is 2.23. The molecule has 2 rings (SSSR count). The second kappa shape index (κ2) is 6.90. The van der Waals surface area contributed by atoms with Crippen molar-refractivity contribution < 1.29 is 4.79 Å². The first-order valence-corrected chi connectivity index (χ1v) is 7.58. The van der Waals surface area contributed by atoms with Crippen LogP contribution in [0, 0.1) is 0 Å². The summed E-state index contributed by atoms with van der Waals surface area (Å²) >= 11 is 11.9. The Bertz CT molecular complexity index is 493. The van der Waals surface area contributed by atoms with Gasteiger partial charge in [-0.1, -0.05) is 29.3 Å². The third kappa shape index (κ3) is 3.95. The Kier molecular flexibility index (Phi) is 5.44. The zero-order valence-corrected chi connectivity index (χ0v) is 13.4. The van der Waals surface area contributed by atoms with Crippen molar-refractivity contribution in [2.45, 2.75) is 18.9 Å². The molecule has 0 amide bonds. The molecule has 110 valence electrons. The Balaban J connectivity index is 2.07. The van der Waals surface area contributed by atoms with Crippen molar-refractivity contribution in [2.24, 2.45) is 0 Å². The smallest absolute Gasteiger partial charge is 0.155 e. The van der Waals surface area contributed by atoms with Crippen LogP contribution in [0.5, 0.6) is 0 Å². The fraction of sp³-hybridized carbons (Fsp3) is 0.533. The predicted octanol–water partition coefficient (Wildman–Crippen LogP) is 2.74. The fourth-order valence-electron chi connectivity index (χ4n) is 2.59. The summed E-state index contributed by atoms with van der Waals surface area (Å²) in [5, 5.41) is 1.03. The molecule has 1 heterocycles. The number of hydrogen-bond donors (Lipinski definition) is 0. The summed E-state index contributed by atoms with van der Waals surface area (Å²) in [7, 11) is 4.09. The van der Waals surface area contributed by atoms with Crippen LogP contribution in [-0.2, 0) is 11.2 Å². The van der Waals surface area contributed by atoms with Gasteiger partial charge in [-0.15, -0.1) is 0 Å². The minimum Gasteiger partial charge on any atom is -0.304 e. The highest BCUT2D eigenvalue weighted by atomic mass is 35.5. The van der Waals surface area contributed by atoms with Crippen LogP contribution in [0.3, 0.4) is 0 Å². The van der Waals surface area contributed by atoms with E-state index in [1.54, 1.807) is 12.1 Å². The number of carbonyl (C=O) groups excluding carboxylic acids is 1. The van der Waals surface area contributed by atoms with Crippen molar-refractivity contribution in [3.63, 3.8) is 0 Å². The number of carbonyl (C=O) groups is 1. The number of ketones is 1. The molecule has 0 saturated carbocycles. The zero-order chi connectivity index (χ0) is 14.7. The molecule has 0 spiro atoms. The van der Waals surface area contributed by atoms with Crippen LogP contribution >= 0.6 is 23.2 Å².